The maximum Gasteiger partial charge on any atom is 0.341 e. The molecule has 0 N–H and O–H groups in total. The summed E-state index contributed by atoms with van der Waals surface area (Å²) in [5.41, 5.74) is 2.01. The Morgan fingerprint density at radius 3 is 2.50 bits per heavy atom. The zero-order valence-corrected chi connectivity index (χ0v) is 13.6. The molecule has 7 nitrogen and oxygen atoms in total. The normalized spacial score (nSPS) is 10.6. The van der Waals surface area contributed by atoms with Crippen LogP contribution in [0, 0.1) is 0 Å². The number of esters is 1. The van der Waals surface area contributed by atoms with E-state index in [1.807, 2.05) is 60.7 Å². The molecular formula is C19H14N4O3. The van der Waals surface area contributed by atoms with Crippen molar-refractivity contribution in [3.8, 4) is 17.1 Å². The standard InChI is InChI=1S/C19H14N4O3/c24-19(15-11-20-23(12-15)16-9-5-2-6-10-16)25-13-17-21-22-18(26-17)14-7-3-1-4-8-14/h1-12H,13H2. The molecule has 0 unspecified atom stereocenters. The van der Waals surface area contributed by atoms with Gasteiger partial charge in [0.05, 0.1) is 17.4 Å². The third-order valence-electron chi connectivity index (χ3n) is 3.65. The van der Waals surface area contributed by atoms with Crippen LogP contribution in [-0.4, -0.2) is 25.9 Å². The second kappa shape index (κ2) is 7.02. The van der Waals surface area contributed by atoms with Crippen LogP contribution in [-0.2, 0) is 11.3 Å². The van der Waals surface area contributed by atoms with Gasteiger partial charge >= 0.3 is 5.97 Å². The average Bonchev–Trinajstić information content (AvgIpc) is 3.37. The Kier molecular flexibility index (Phi) is 4.26. The van der Waals surface area contributed by atoms with E-state index in [0.29, 0.717) is 11.5 Å². The van der Waals surface area contributed by atoms with Gasteiger partial charge in [0.1, 0.15) is 0 Å². The van der Waals surface area contributed by atoms with E-state index >= 15 is 0 Å². The van der Waals surface area contributed by atoms with Crippen LogP contribution in [0.1, 0.15) is 16.2 Å². The van der Waals surface area contributed by atoms with Gasteiger partial charge in [0.25, 0.3) is 5.89 Å². The highest BCUT2D eigenvalue weighted by molar-refractivity contribution is 5.88. The highest BCUT2D eigenvalue weighted by Crippen LogP contribution is 2.17. The first-order valence-corrected chi connectivity index (χ1v) is 7.94. The summed E-state index contributed by atoms with van der Waals surface area (Å²) in [6.07, 6.45) is 3.07. The topological polar surface area (TPSA) is 83.0 Å². The monoisotopic (exact) mass is 346 g/mol. The second-order valence-electron chi connectivity index (χ2n) is 5.45. The number of aromatic nitrogens is 4. The van der Waals surface area contributed by atoms with Crippen molar-refractivity contribution in [3.05, 3.63) is 84.5 Å². The van der Waals surface area contributed by atoms with Gasteiger partial charge in [-0.25, -0.2) is 9.48 Å². The minimum absolute atomic E-state index is 0.102. The maximum atomic E-state index is 12.2. The van der Waals surface area contributed by atoms with E-state index in [4.69, 9.17) is 9.15 Å². The third-order valence-corrected chi connectivity index (χ3v) is 3.65. The first-order valence-electron chi connectivity index (χ1n) is 7.94. The highest BCUT2D eigenvalue weighted by Gasteiger charge is 2.14. The predicted molar refractivity (Wildman–Crippen MR) is 92.4 cm³/mol. The number of ether oxygens (including phenoxy) is 1. The number of hydrogen-bond acceptors (Lipinski definition) is 6. The summed E-state index contributed by atoms with van der Waals surface area (Å²) < 4.78 is 12.3. The van der Waals surface area contributed by atoms with Crippen molar-refractivity contribution in [3.63, 3.8) is 0 Å². The van der Waals surface area contributed by atoms with Gasteiger partial charge in [0, 0.05) is 11.8 Å². The van der Waals surface area contributed by atoms with Crippen molar-refractivity contribution in [2.45, 2.75) is 6.61 Å². The van der Waals surface area contributed by atoms with E-state index < -0.39 is 5.97 Å². The molecule has 0 aliphatic carbocycles. The third kappa shape index (κ3) is 3.36. The molecule has 0 bridgehead atoms. The number of hydrogen-bond donors (Lipinski definition) is 0. The summed E-state index contributed by atoms with van der Waals surface area (Å²) in [4.78, 5) is 12.2. The lowest BCUT2D eigenvalue weighted by Gasteiger charge is -2.00. The molecule has 0 aliphatic rings. The van der Waals surface area contributed by atoms with Crippen LogP contribution < -0.4 is 0 Å². The van der Waals surface area contributed by atoms with Crippen molar-refractivity contribution in [2.24, 2.45) is 0 Å². The molecule has 7 heteroatoms. The second-order valence-corrected chi connectivity index (χ2v) is 5.45. The molecule has 0 saturated carbocycles. The van der Waals surface area contributed by atoms with E-state index in [9.17, 15) is 4.79 Å². The molecule has 0 atom stereocenters. The quantitative estimate of drug-likeness (QED) is 0.516. The Morgan fingerprint density at radius 2 is 1.73 bits per heavy atom. The van der Waals surface area contributed by atoms with Gasteiger partial charge in [0.2, 0.25) is 5.89 Å². The van der Waals surface area contributed by atoms with Gasteiger partial charge in [-0.15, -0.1) is 10.2 Å². The molecule has 0 amide bonds. The lowest BCUT2D eigenvalue weighted by Crippen LogP contribution is -2.04. The van der Waals surface area contributed by atoms with Crippen molar-refractivity contribution in [1.82, 2.24) is 20.0 Å². The Labute approximate surface area is 148 Å². The molecule has 0 radical (unpaired) electrons. The number of para-hydroxylation sites is 1. The lowest BCUT2D eigenvalue weighted by atomic mass is 10.2. The minimum atomic E-state index is -0.508. The molecule has 0 spiro atoms. The molecule has 0 saturated heterocycles. The summed E-state index contributed by atoms with van der Waals surface area (Å²) in [5, 5.41) is 12.0. The largest absolute Gasteiger partial charge is 0.452 e. The summed E-state index contributed by atoms with van der Waals surface area (Å²) in [7, 11) is 0. The van der Waals surface area contributed by atoms with Crippen LogP contribution >= 0.6 is 0 Å². The molecule has 2 aromatic carbocycles. The van der Waals surface area contributed by atoms with E-state index in [2.05, 4.69) is 15.3 Å². The molecule has 0 fully saturated rings. The average molecular weight is 346 g/mol. The molecule has 4 aromatic rings. The SMILES string of the molecule is O=C(OCc1nnc(-c2ccccc2)o1)c1cnn(-c2ccccc2)c1. The Bertz CT molecular complexity index is 1010. The van der Waals surface area contributed by atoms with Gasteiger partial charge in [0.15, 0.2) is 6.61 Å². The van der Waals surface area contributed by atoms with Crippen molar-refractivity contribution in [1.29, 1.82) is 0 Å². The summed E-state index contributed by atoms with van der Waals surface area (Å²) in [5.74, 6) is 0.104. The van der Waals surface area contributed by atoms with Crippen LogP contribution in [0.5, 0.6) is 0 Å². The van der Waals surface area contributed by atoms with Gasteiger partial charge < -0.3 is 9.15 Å². The zero-order chi connectivity index (χ0) is 17.8. The van der Waals surface area contributed by atoms with Crippen LogP contribution in [0.3, 0.4) is 0 Å². The van der Waals surface area contributed by atoms with Crippen molar-refractivity contribution >= 4 is 5.97 Å². The Balaban J connectivity index is 1.40. The number of benzene rings is 2. The predicted octanol–water partition coefficient (Wildman–Crippen LogP) is 3.28. The van der Waals surface area contributed by atoms with Crippen molar-refractivity contribution in [2.75, 3.05) is 0 Å². The highest BCUT2D eigenvalue weighted by atomic mass is 16.5. The molecule has 2 aromatic heterocycles. The number of carbonyl (C=O) groups is 1. The Hall–Kier alpha value is -3.74. The Morgan fingerprint density at radius 1 is 1.00 bits per heavy atom. The van der Waals surface area contributed by atoms with Gasteiger partial charge in [-0.2, -0.15) is 5.10 Å². The number of rotatable bonds is 5. The zero-order valence-electron chi connectivity index (χ0n) is 13.6. The van der Waals surface area contributed by atoms with Crippen LogP contribution in [0.25, 0.3) is 17.1 Å². The maximum absolute atomic E-state index is 12.2. The first kappa shape index (κ1) is 15.8. The fourth-order valence-electron chi connectivity index (χ4n) is 2.37. The van der Waals surface area contributed by atoms with Gasteiger partial charge in [-0.05, 0) is 24.3 Å². The van der Waals surface area contributed by atoms with Gasteiger partial charge in [-0.1, -0.05) is 36.4 Å². The molecule has 128 valence electrons. The molecule has 4 rings (SSSR count). The van der Waals surface area contributed by atoms with Crippen molar-refractivity contribution < 1.29 is 13.9 Å². The van der Waals surface area contributed by atoms with Crippen LogP contribution in [0.15, 0.2) is 77.5 Å². The fraction of sp³-hybridized carbons (Fsp3) is 0.0526. The van der Waals surface area contributed by atoms with Gasteiger partial charge in [-0.3, -0.25) is 0 Å². The lowest BCUT2D eigenvalue weighted by molar-refractivity contribution is 0.0438. The molecule has 2 heterocycles. The molecular weight excluding hydrogens is 332 g/mol. The summed E-state index contributed by atoms with van der Waals surface area (Å²) in [6.45, 7) is -0.102. The summed E-state index contributed by atoms with van der Waals surface area (Å²) >= 11 is 0. The van der Waals surface area contributed by atoms with Crippen LogP contribution in [0.4, 0.5) is 0 Å². The number of carbonyl (C=O) groups excluding carboxylic acids is 1. The fourth-order valence-corrected chi connectivity index (χ4v) is 2.37. The van der Waals surface area contributed by atoms with E-state index in [-0.39, 0.29) is 12.5 Å². The first-order chi connectivity index (χ1) is 12.8. The minimum Gasteiger partial charge on any atom is -0.452 e. The van der Waals surface area contributed by atoms with E-state index in [1.54, 1.807) is 10.9 Å². The smallest absolute Gasteiger partial charge is 0.341 e. The van der Waals surface area contributed by atoms with E-state index in [0.717, 1.165) is 11.3 Å². The van der Waals surface area contributed by atoms with Crippen LogP contribution in [0.2, 0.25) is 0 Å². The molecule has 0 aliphatic heterocycles. The summed E-state index contributed by atoms with van der Waals surface area (Å²) in [6, 6.07) is 18.9. The molecule has 26 heavy (non-hydrogen) atoms. The van der Waals surface area contributed by atoms with E-state index in [1.165, 1.54) is 6.20 Å². The number of nitrogens with zero attached hydrogens (tertiary/aromatic N) is 4.